The van der Waals surface area contributed by atoms with Crippen LogP contribution < -0.4 is 16.2 Å². The lowest BCUT2D eigenvalue weighted by atomic mass is 9.94. The standard InChI is InChI=1S/C12H20N2O/c1-7-5-10(11(14)6-13)8(2)9(3)12(7)15-4/h5,11H,6,13-14H2,1-4H3. The summed E-state index contributed by atoms with van der Waals surface area (Å²) in [5.41, 5.74) is 16.1. The van der Waals surface area contributed by atoms with E-state index in [2.05, 4.69) is 13.0 Å². The summed E-state index contributed by atoms with van der Waals surface area (Å²) < 4.78 is 5.35. The number of benzene rings is 1. The molecule has 0 heterocycles. The van der Waals surface area contributed by atoms with Crippen LogP contribution in [0.1, 0.15) is 28.3 Å². The van der Waals surface area contributed by atoms with E-state index in [1.807, 2.05) is 13.8 Å². The smallest absolute Gasteiger partial charge is 0.124 e. The van der Waals surface area contributed by atoms with Crippen LogP contribution in [0.3, 0.4) is 0 Å². The van der Waals surface area contributed by atoms with Crippen LogP contribution in [0.15, 0.2) is 6.07 Å². The van der Waals surface area contributed by atoms with Gasteiger partial charge in [0.2, 0.25) is 0 Å². The summed E-state index contributed by atoms with van der Waals surface area (Å²) in [6.45, 7) is 6.60. The summed E-state index contributed by atoms with van der Waals surface area (Å²) >= 11 is 0. The molecule has 0 amide bonds. The van der Waals surface area contributed by atoms with Gasteiger partial charge in [0.1, 0.15) is 5.75 Å². The summed E-state index contributed by atoms with van der Waals surface area (Å²) in [5, 5.41) is 0. The zero-order valence-electron chi connectivity index (χ0n) is 9.92. The van der Waals surface area contributed by atoms with Gasteiger partial charge in [-0.1, -0.05) is 6.07 Å². The molecule has 0 aliphatic carbocycles. The third kappa shape index (κ3) is 2.13. The molecule has 3 heteroatoms. The van der Waals surface area contributed by atoms with Crippen LogP contribution in [0.25, 0.3) is 0 Å². The Labute approximate surface area is 91.4 Å². The molecule has 1 aromatic carbocycles. The number of rotatable bonds is 3. The Bertz CT molecular complexity index is 361. The van der Waals surface area contributed by atoms with Crippen LogP contribution in [0.5, 0.6) is 5.75 Å². The second-order valence-electron chi connectivity index (χ2n) is 3.91. The molecule has 0 bridgehead atoms. The fourth-order valence-corrected chi connectivity index (χ4v) is 1.92. The van der Waals surface area contributed by atoms with Crippen molar-refractivity contribution in [2.75, 3.05) is 13.7 Å². The lowest BCUT2D eigenvalue weighted by Crippen LogP contribution is -2.22. The Kier molecular flexibility index (Phi) is 3.72. The van der Waals surface area contributed by atoms with Crippen LogP contribution in [0.2, 0.25) is 0 Å². The number of methoxy groups -OCH3 is 1. The Hall–Kier alpha value is -1.06. The zero-order valence-corrected chi connectivity index (χ0v) is 9.92. The molecule has 0 spiro atoms. The number of ether oxygens (including phenoxy) is 1. The minimum absolute atomic E-state index is 0.0895. The average molecular weight is 208 g/mol. The van der Waals surface area contributed by atoms with Gasteiger partial charge in [0.25, 0.3) is 0 Å². The first kappa shape index (κ1) is 12.0. The Morgan fingerprint density at radius 1 is 1.27 bits per heavy atom. The summed E-state index contributed by atoms with van der Waals surface area (Å²) in [5.74, 6) is 0.945. The minimum atomic E-state index is -0.0895. The van der Waals surface area contributed by atoms with Gasteiger partial charge >= 0.3 is 0 Å². The largest absolute Gasteiger partial charge is 0.496 e. The van der Waals surface area contributed by atoms with Crippen LogP contribution in [-0.2, 0) is 0 Å². The lowest BCUT2D eigenvalue weighted by molar-refractivity contribution is 0.407. The van der Waals surface area contributed by atoms with Crippen molar-refractivity contribution in [3.8, 4) is 5.75 Å². The van der Waals surface area contributed by atoms with Gasteiger partial charge in [-0.2, -0.15) is 0 Å². The van der Waals surface area contributed by atoms with Crippen LogP contribution >= 0.6 is 0 Å². The topological polar surface area (TPSA) is 61.3 Å². The van der Waals surface area contributed by atoms with Crippen LogP contribution in [0.4, 0.5) is 0 Å². The van der Waals surface area contributed by atoms with Gasteiger partial charge in [0.15, 0.2) is 0 Å². The Morgan fingerprint density at radius 2 is 1.87 bits per heavy atom. The highest BCUT2D eigenvalue weighted by Gasteiger charge is 2.14. The predicted octanol–water partition coefficient (Wildman–Crippen LogP) is 1.58. The normalized spacial score (nSPS) is 12.7. The summed E-state index contributed by atoms with van der Waals surface area (Å²) in [7, 11) is 1.69. The molecule has 0 saturated carbocycles. The SMILES string of the molecule is COc1c(C)cc(C(N)CN)c(C)c1C. The Morgan fingerprint density at radius 3 is 2.33 bits per heavy atom. The van der Waals surface area contributed by atoms with Crippen molar-refractivity contribution in [2.24, 2.45) is 11.5 Å². The van der Waals surface area contributed by atoms with E-state index < -0.39 is 0 Å². The molecule has 0 fully saturated rings. The zero-order chi connectivity index (χ0) is 11.6. The molecule has 0 saturated heterocycles. The molecule has 3 nitrogen and oxygen atoms in total. The van der Waals surface area contributed by atoms with E-state index in [1.165, 1.54) is 5.56 Å². The molecule has 1 aromatic rings. The van der Waals surface area contributed by atoms with Gasteiger partial charge in [0, 0.05) is 12.6 Å². The van der Waals surface area contributed by atoms with E-state index in [4.69, 9.17) is 16.2 Å². The Balaban J connectivity index is 3.33. The van der Waals surface area contributed by atoms with Crippen molar-refractivity contribution in [1.29, 1.82) is 0 Å². The lowest BCUT2D eigenvalue weighted by Gasteiger charge is -2.19. The van der Waals surface area contributed by atoms with Crippen molar-refractivity contribution in [1.82, 2.24) is 0 Å². The molecule has 84 valence electrons. The van der Waals surface area contributed by atoms with E-state index in [0.717, 1.165) is 22.4 Å². The number of hydrogen-bond acceptors (Lipinski definition) is 3. The average Bonchev–Trinajstić information content (AvgIpc) is 2.23. The highest BCUT2D eigenvalue weighted by Crippen LogP contribution is 2.30. The molecule has 15 heavy (non-hydrogen) atoms. The molecule has 1 atom stereocenters. The molecular formula is C12H20N2O. The highest BCUT2D eigenvalue weighted by molar-refractivity contribution is 5.49. The third-order valence-electron chi connectivity index (χ3n) is 2.92. The first-order valence-corrected chi connectivity index (χ1v) is 5.13. The van der Waals surface area contributed by atoms with Crippen molar-refractivity contribution >= 4 is 0 Å². The molecular weight excluding hydrogens is 188 g/mol. The van der Waals surface area contributed by atoms with Crippen molar-refractivity contribution in [2.45, 2.75) is 26.8 Å². The van der Waals surface area contributed by atoms with E-state index >= 15 is 0 Å². The minimum Gasteiger partial charge on any atom is -0.496 e. The second-order valence-corrected chi connectivity index (χ2v) is 3.91. The molecule has 0 radical (unpaired) electrons. The van der Waals surface area contributed by atoms with Gasteiger partial charge in [-0.3, -0.25) is 0 Å². The fraction of sp³-hybridized carbons (Fsp3) is 0.500. The second kappa shape index (κ2) is 4.64. The monoisotopic (exact) mass is 208 g/mol. The fourth-order valence-electron chi connectivity index (χ4n) is 1.92. The third-order valence-corrected chi connectivity index (χ3v) is 2.92. The van der Waals surface area contributed by atoms with Gasteiger partial charge in [-0.05, 0) is 43.0 Å². The summed E-state index contributed by atoms with van der Waals surface area (Å²) in [6.07, 6.45) is 0. The maximum atomic E-state index is 5.96. The van der Waals surface area contributed by atoms with Crippen LogP contribution in [-0.4, -0.2) is 13.7 Å². The first-order chi connectivity index (χ1) is 7.02. The van der Waals surface area contributed by atoms with Gasteiger partial charge in [0.05, 0.1) is 7.11 Å². The number of nitrogens with two attached hydrogens (primary N) is 2. The molecule has 0 aliphatic heterocycles. The first-order valence-electron chi connectivity index (χ1n) is 5.13. The molecule has 1 rings (SSSR count). The quantitative estimate of drug-likeness (QED) is 0.792. The molecule has 1 unspecified atom stereocenters. The van der Waals surface area contributed by atoms with E-state index in [0.29, 0.717) is 6.54 Å². The highest BCUT2D eigenvalue weighted by atomic mass is 16.5. The van der Waals surface area contributed by atoms with Crippen LogP contribution in [0, 0.1) is 20.8 Å². The summed E-state index contributed by atoms with van der Waals surface area (Å²) in [4.78, 5) is 0. The van der Waals surface area contributed by atoms with Crippen molar-refractivity contribution < 1.29 is 4.74 Å². The molecule has 0 aromatic heterocycles. The van der Waals surface area contributed by atoms with Gasteiger partial charge in [-0.25, -0.2) is 0 Å². The van der Waals surface area contributed by atoms with E-state index in [1.54, 1.807) is 7.11 Å². The van der Waals surface area contributed by atoms with Crippen molar-refractivity contribution in [3.05, 3.63) is 28.3 Å². The molecule has 0 aliphatic rings. The number of hydrogen-bond donors (Lipinski definition) is 2. The summed E-state index contributed by atoms with van der Waals surface area (Å²) in [6, 6.07) is 1.98. The number of aryl methyl sites for hydroxylation is 1. The van der Waals surface area contributed by atoms with E-state index in [9.17, 15) is 0 Å². The van der Waals surface area contributed by atoms with E-state index in [-0.39, 0.29) is 6.04 Å². The maximum absolute atomic E-state index is 5.96. The van der Waals surface area contributed by atoms with Crippen molar-refractivity contribution in [3.63, 3.8) is 0 Å². The van der Waals surface area contributed by atoms with Gasteiger partial charge < -0.3 is 16.2 Å². The van der Waals surface area contributed by atoms with Gasteiger partial charge in [-0.15, -0.1) is 0 Å². The maximum Gasteiger partial charge on any atom is 0.124 e. The molecule has 4 N–H and O–H groups in total. The predicted molar refractivity (Wildman–Crippen MR) is 63.2 cm³/mol.